The van der Waals surface area contributed by atoms with Gasteiger partial charge in [-0.3, -0.25) is 4.79 Å². The minimum Gasteiger partial charge on any atom is -0.468 e. The number of aryl methyl sites for hydroxylation is 1. The van der Waals surface area contributed by atoms with Crippen molar-refractivity contribution in [2.75, 3.05) is 0 Å². The molecular weight excluding hydrogens is 142 g/mol. The standard InChI is InChI=1S/C8H7NO2/c10-8-6-3-5-11-7(6)2-1-4-9-8/h3-5H,1-2H2. The van der Waals surface area contributed by atoms with Gasteiger partial charge in [0.2, 0.25) is 0 Å². The van der Waals surface area contributed by atoms with Crippen LogP contribution in [0.5, 0.6) is 0 Å². The molecule has 1 aromatic heterocycles. The Kier molecular flexibility index (Phi) is 1.35. The highest BCUT2D eigenvalue weighted by Gasteiger charge is 2.14. The van der Waals surface area contributed by atoms with Gasteiger partial charge in [0.05, 0.1) is 11.8 Å². The maximum Gasteiger partial charge on any atom is 0.280 e. The van der Waals surface area contributed by atoms with Gasteiger partial charge in [-0.05, 0) is 12.5 Å². The number of nitrogens with zero attached hydrogens (tertiary/aromatic N) is 1. The van der Waals surface area contributed by atoms with Gasteiger partial charge in [0.15, 0.2) is 0 Å². The summed E-state index contributed by atoms with van der Waals surface area (Å²) in [7, 11) is 0. The number of aliphatic imine (C=N–C) groups is 1. The molecule has 0 unspecified atom stereocenters. The van der Waals surface area contributed by atoms with Crippen molar-refractivity contribution < 1.29 is 9.21 Å². The fourth-order valence-corrected chi connectivity index (χ4v) is 1.14. The number of hydrogen-bond donors (Lipinski definition) is 0. The zero-order chi connectivity index (χ0) is 7.68. The van der Waals surface area contributed by atoms with E-state index >= 15 is 0 Å². The predicted molar refractivity (Wildman–Crippen MR) is 39.9 cm³/mol. The second-order valence-corrected chi connectivity index (χ2v) is 2.41. The van der Waals surface area contributed by atoms with Crippen LogP contribution >= 0.6 is 0 Å². The number of hydrogen-bond acceptors (Lipinski definition) is 2. The lowest BCUT2D eigenvalue weighted by atomic mass is 10.2. The molecule has 0 radical (unpaired) electrons. The molecular formula is C8H7NO2. The Morgan fingerprint density at radius 2 is 2.45 bits per heavy atom. The van der Waals surface area contributed by atoms with Crippen LogP contribution in [0.1, 0.15) is 22.5 Å². The highest BCUT2D eigenvalue weighted by atomic mass is 16.3. The van der Waals surface area contributed by atoms with Crippen molar-refractivity contribution in [3.63, 3.8) is 0 Å². The van der Waals surface area contributed by atoms with E-state index in [9.17, 15) is 4.79 Å². The smallest absolute Gasteiger partial charge is 0.280 e. The van der Waals surface area contributed by atoms with Crippen LogP contribution in [-0.4, -0.2) is 12.1 Å². The molecule has 1 aliphatic heterocycles. The molecule has 0 saturated heterocycles. The summed E-state index contributed by atoms with van der Waals surface area (Å²) in [5, 5.41) is 0. The highest BCUT2D eigenvalue weighted by molar-refractivity contribution is 6.00. The highest BCUT2D eigenvalue weighted by Crippen LogP contribution is 2.15. The van der Waals surface area contributed by atoms with E-state index < -0.39 is 0 Å². The van der Waals surface area contributed by atoms with Gasteiger partial charge in [-0.25, -0.2) is 4.99 Å². The van der Waals surface area contributed by atoms with Crippen molar-refractivity contribution in [3.8, 4) is 0 Å². The van der Waals surface area contributed by atoms with E-state index in [-0.39, 0.29) is 5.91 Å². The van der Waals surface area contributed by atoms with E-state index in [1.165, 1.54) is 6.26 Å². The van der Waals surface area contributed by atoms with Crippen LogP contribution in [0.3, 0.4) is 0 Å². The molecule has 0 aliphatic carbocycles. The summed E-state index contributed by atoms with van der Waals surface area (Å²) < 4.78 is 5.11. The van der Waals surface area contributed by atoms with E-state index in [1.54, 1.807) is 12.3 Å². The predicted octanol–water partition coefficient (Wildman–Crippen LogP) is 1.44. The third kappa shape index (κ3) is 0.981. The van der Waals surface area contributed by atoms with Crippen molar-refractivity contribution in [2.24, 2.45) is 4.99 Å². The second kappa shape index (κ2) is 2.34. The van der Waals surface area contributed by atoms with Gasteiger partial charge in [0, 0.05) is 12.6 Å². The van der Waals surface area contributed by atoms with Crippen molar-refractivity contribution >= 4 is 12.1 Å². The number of carbonyl (C=O) groups excluding carboxylic acids is 1. The Hall–Kier alpha value is -1.38. The Bertz CT molecular complexity index is 312. The monoisotopic (exact) mass is 149 g/mol. The maximum atomic E-state index is 11.1. The van der Waals surface area contributed by atoms with Crippen LogP contribution < -0.4 is 0 Å². The molecule has 11 heavy (non-hydrogen) atoms. The van der Waals surface area contributed by atoms with E-state index in [2.05, 4.69) is 4.99 Å². The number of rotatable bonds is 0. The number of fused-ring (bicyclic) bond motifs is 1. The fourth-order valence-electron chi connectivity index (χ4n) is 1.14. The summed E-state index contributed by atoms with van der Waals surface area (Å²) in [5.74, 6) is 0.568. The van der Waals surface area contributed by atoms with E-state index in [0.29, 0.717) is 5.56 Å². The first-order chi connectivity index (χ1) is 5.38. The van der Waals surface area contributed by atoms with Gasteiger partial charge in [0.25, 0.3) is 5.91 Å². The molecule has 0 fully saturated rings. The summed E-state index contributed by atoms with van der Waals surface area (Å²) in [6.07, 6.45) is 4.73. The molecule has 0 aromatic carbocycles. The molecule has 1 amide bonds. The van der Waals surface area contributed by atoms with Gasteiger partial charge in [-0.1, -0.05) is 0 Å². The Labute approximate surface area is 63.7 Å². The minimum atomic E-state index is -0.189. The molecule has 3 nitrogen and oxygen atoms in total. The normalized spacial score (nSPS) is 16.2. The van der Waals surface area contributed by atoms with Gasteiger partial charge in [0.1, 0.15) is 5.76 Å². The molecule has 0 saturated carbocycles. The molecule has 2 rings (SSSR count). The molecule has 3 heteroatoms. The Morgan fingerprint density at radius 3 is 3.36 bits per heavy atom. The first kappa shape index (κ1) is 6.34. The molecule has 1 aromatic rings. The topological polar surface area (TPSA) is 42.6 Å². The zero-order valence-electron chi connectivity index (χ0n) is 5.91. The summed E-state index contributed by atoms with van der Waals surface area (Å²) in [6, 6.07) is 1.67. The number of furan rings is 1. The summed E-state index contributed by atoms with van der Waals surface area (Å²) in [4.78, 5) is 14.8. The maximum absolute atomic E-state index is 11.1. The first-order valence-electron chi connectivity index (χ1n) is 3.51. The van der Waals surface area contributed by atoms with E-state index in [4.69, 9.17) is 4.42 Å². The van der Waals surface area contributed by atoms with E-state index in [0.717, 1.165) is 18.6 Å². The van der Waals surface area contributed by atoms with Crippen LogP contribution in [0.4, 0.5) is 0 Å². The third-order valence-corrected chi connectivity index (χ3v) is 1.68. The van der Waals surface area contributed by atoms with E-state index in [1.807, 2.05) is 0 Å². The van der Waals surface area contributed by atoms with Crippen LogP contribution in [0.15, 0.2) is 21.7 Å². The fraction of sp³-hybridized carbons (Fsp3) is 0.250. The average molecular weight is 149 g/mol. The SMILES string of the molecule is O=C1N=CCCc2occc21. The lowest BCUT2D eigenvalue weighted by molar-refractivity contribution is 0.100. The van der Waals surface area contributed by atoms with Crippen molar-refractivity contribution in [1.29, 1.82) is 0 Å². The Morgan fingerprint density at radius 1 is 1.55 bits per heavy atom. The largest absolute Gasteiger partial charge is 0.468 e. The van der Waals surface area contributed by atoms with Crippen LogP contribution in [0, 0.1) is 0 Å². The zero-order valence-corrected chi connectivity index (χ0v) is 5.91. The minimum absolute atomic E-state index is 0.189. The molecule has 0 N–H and O–H groups in total. The van der Waals surface area contributed by atoms with Gasteiger partial charge >= 0.3 is 0 Å². The summed E-state index contributed by atoms with van der Waals surface area (Å²) >= 11 is 0. The van der Waals surface area contributed by atoms with Crippen LogP contribution in [-0.2, 0) is 6.42 Å². The Balaban J connectivity index is 2.51. The molecule has 56 valence electrons. The van der Waals surface area contributed by atoms with Crippen molar-refractivity contribution in [3.05, 3.63) is 23.7 Å². The number of amides is 1. The van der Waals surface area contributed by atoms with Gasteiger partial charge in [-0.15, -0.1) is 0 Å². The molecule has 0 bridgehead atoms. The average Bonchev–Trinajstić information content (AvgIpc) is 2.40. The lowest BCUT2D eigenvalue weighted by Crippen LogP contribution is -1.93. The van der Waals surface area contributed by atoms with Gasteiger partial charge in [-0.2, -0.15) is 0 Å². The number of carbonyl (C=O) groups is 1. The van der Waals surface area contributed by atoms with Crippen molar-refractivity contribution in [1.82, 2.24) is 0 Å². The summed E-state index contributed by atoms with van der Waals surface area (Å²) in [6.45, 7) is 0. The molecule has 2 heterocycles. The molecule has 0 spiro atoms. The van der Waals surface area contributed by atoms with Crippen LogP contribution in [0.2, 0.25) is 0 Å². The molecule has 1 aliphatic rings. The summed E-state index contributed by atoms with van der Waals surface area (Å²) in [5.41, 5.74) is 0.610. The van der Waals surface area contributed by atoms with Crippen molar-refractivity contribution in [2.45, 2.75) is 12.8 Å². The quantitative estimate of drug-likeness (QED) is 0.560. The lowest BCUT2D eigenvalue weighted by Gasteiger charge is -1.90. The first-order valence-corrected chi connectivity index (χ1v) is 3.51. The second-order valence-electron chi connectivity index (χ2n) is 2.41. The van der Waals surface area contributed by atoms with Crippen LogP contribution in [0.25, 0.3) is 0 Å². The third-order valence-electron chi connectivity index (χ3n) is 1.68. The molecule has 0 atom stereocenters. The van der Waals surface area contributed by atoms with Gasteiger partial charge < -0.3 is 4.42 Å².